The molecule has 0 saturated heterocycles. The molecule has 1 aromatic heterocycles. The van der Waals surface area contributed by atoms with E-state index >= 15 is 0 Å². The molecule has 0 aliphatic heterocycles. The fraction of sp³-hybridized carbons (Fsp3) is 0.636. The Kier molecular flexibility index (Phi) is 4.98. The van der Waals surface area contributed by atoms with Crippen LogP contribution in [-0.4, -0.2) is 34.8 Å². The lowest BCUT2D eigenvalue weighted by atomic mass is 10.2. The van der Waals surface area contributed by atoms with Crippen LogP contribution in [0.1, 0.15) is 25.8 Å². The fourth-order valence-electron chi connectivity index (χ4n) is 1.47. The van der Waals surface area contributed by atoms with E-state index in [-0.39, 0.29) is 6.10 Å². The minimum atomic E-state index is -0.335. The molecule has 1 heterocycles. The largest absolute Gasteiger partial charge is 0.391 e. The van der Waals surface area contributed by atoms with E-state index in [4.69, 9.17) is 0 Å². The third-order valence-electron chi connectivity index (χ3n) is 2.51. The Morgan fingerprint density at radius 2 is 2.00 bits per heavy atom. The predicted octanol–water partition coefficient (Wildman–Crippen LogP) is 1.26. The molecule has 5 nitrogen and oxygen atoms in total. The van der Waals surface area contributed by atoms with Crippen molar-refractivity contribution in [3.63, 3.8) is 0 Å². The first-order valence-corrected chi connectivity index (χ1v) is 5.66. The van der Waals surface area contributed by atoms with Crippen molar-refractivity contribution in [1.82, 2.24) is 9.97 Å². The number of hydrogen-bond donors (Lipinski definition) is 3. The van der Waals surface area contributed by atoms with Crippen molar-refractivity contribution in [2.24, 2.45) is 0 Å². The molecule has 3 N–H and O–H groups in total. The van der Waals surface area contributed by atoms with Gasteiger partial charge in [0.2, 0.25) is 0 Å². The maximum Gasteiger partial charge on any atom is 0.134 e. The summed E-state index contributed by atoms with van der Waals surface area (Å²) in [4.78, 5) is 8.34. The Hall–Kier alpha value is -1.36. The highest BCUT2D eigenvalue weighted by Gasteiger charge is 2.09. The lowest BCUT2D eigenvalue weighted by molar-refractivity contribution is 0.183. The van der Waals surface area contributed by atoms with E-state index in [2.05, 4.69) is 27.5 Å². The van der Waals surface area contributed by atoms with Gasteiger partial charge in [0.1, 0.15) is 18.0 Å². The molecule has 0 aliphatic rings. The summed E-state index contributed by atoms with van der Waals surface area (Å²) < 4.78 is 0. The van der Waals surface area contributed by atoms with Gasteiger partial charge < -0.3 is 15.7 Å². The molecule has 1 atom stereocenters. The van der Waals surface area contributed by atoms with Crippen molar-refractivity contribution < 1.29 is 5.11 Å². The van der Waals surface area contributed by atoms with Crippen LogP contribution >= 0.6 is 0 Å². The van der Waals surface area contributed by atoms with E-state index in [0.717, 1.165) is 30.0 Å². The van der Waals surface area contributed by atoms with Crippen molar-refractivity contribution in [1.29, 1.82) is 0 Å². The normalized spacial score (nSPS) is 12.2. The quantitative estimate of drug-likeness (QED) is 0.678. The first-order chi connectivity index (χ1) is 7.72. The third-order valence-corrected chi connectivity index (χ3v) is 2.51. The molecule has 0 aromatic carbocycles. The van der Waals surface area contributed by atoms with Gasteiger partial charge in [-0.3, -0.25) is 0 Å². The number of aliphatic hydroxyl groups excluding tert-OH is 1. The van der Waals surface area contributed by atoms with Crippen LogP contribution in [0.3, 0.4) is 0 Å². The zero-order chi connectivity index (χ0) is 12.0. The molecule has 0 fully saturated rings. The zero-order valence-corrected chi connectivity index (χ0v) is 10.1. The predicted molar refractivity (Wildman–Crippen MR) is 65.7 cm³/mol. The molecule has 16 heavy (non-hydrogen) atoms. The van der Waals surface area contributed by atoms with Gasteiger partial charge in [-0.25, -0.2) is 9.97 Å². The van der Waals surface area contributed by atoms with Crippen molar-refractivity contribution in [3.05, 3.63) is 11.9 Å². The molecule has 0 bridgehead atoms. The van der Waals surface area contributed by atoms with Crippen molar-refractivity contribution in [2.45, 2.75) is 32.8 Å². The number of nitrogens with one attached hydrogen (secondary N) is 2. The molecule has 0 aliphatic carbocycles. The van der Waals surface area contributed by atoms with Crippen LogP contribution in [0, 0.1) is 0 Å². The highest BCUT2D eigenvalue weighted by Crippen LogP contribution is 2.19. The summed E-state index contributed by atoms with van der Waals surface area (Å²) in [6, 6.07) is 0. The van der Waals surface area contributed by atoms with Crippen LogP contribution in [0.4, 0.5) is 11.6 Å². The van der Waals surface area contributed by atoms with Gasteiger partial charge in [-0.15, -0.1) is 0 Å². The van der Waals surface area contributed by atoms with E-state index in [1.54, 1.807) is 0 Å². The number of anilines is 2. The number of hydrogen-bond acceptors (Lipinski definition) is 5. The highest BCUT2D eigenvalue weighted by atomic mass is 16.3. The van der Waals surface area contributed by atoms with E-state index in [1.807, 2.05) is 14.0 Å². The first-order valence-electron chi connectivity index (χ1n) is 5.66. The van der Waals surface area contributed by atoms with Crippen LogP contribution in [0.5, 0.6) is 0 Å². The van der Waals surface area contributed by atoms with Gasteiger partial charge in [0, 0.05) is 19.2 Å². The van der Waals surface area contributed by atoms with E-state index < -0.39 is 0 Å². The Labute approximate surface area is 96.3 Å². The van der Waals surface area contributed by atoms with Crippen LogP contribution in [-0.2, 0) is 6.42 Å². The van der Waals surface area contributed by atoms with Gasteiger partial charge in [0.15, 0.2) is 0 Å². The lowest BCUT2D eigenvalue weighted by Crippen LogP contribution is -2.20. The number of nitrogens with zero attached hydrogens (tertiary/aromatic N) is 2. The first kappa shape index (κ1) is 12.7. The van der Waals surface area contributed by atoms with E-state index in [0.29, 0.717) is 6.54 Å². The highest BCUT2D eigenvalue weighted by molar-refractivity contribution is 5.57. The van der Waals surface area contributed by atoms with Gasteiger partial charge in [0.05, 0.1) is 6.10 Å². The molecule has 5 heteroatoms. The molecular formula is C11H20N4O. The van der Waals surface area contributed by atoms with Gasteiger partial charge in [-0.05, 0) is 12.8 Å². The summed E-state index contributed by atoms with van der Waals surface area (Å²) in [5.74, 6) is 1.64. The minimum Gasteiger partial charge on any atom is -0.391 e. The maximum atomic E-state index is 9.49. The number of aliphatic hydroxyl groups is 1. The monoisotopic (exact) mass is 224 g/mol. The summed E-state index contributed by atoms with van der Waals surface area (Å²) in [5, 5.41) is 15.7. The SMILES string of the molecule is CCc1c(NC)ncnc1NCC(O)CC. The second-order valence-corrected chi connectivity index (χ2v) is 3.60. The number of aromatic nitrogens is 2. The smallest absolute Gasteiger partial charge is 0.134 e. The second-order valence-electron chi connectivity index (χ2n) is 3.60. The molecule has 0 radical (unpaired) electrons. The Morgan fingerprint density at radius 3 is 2.56 bits per heavy atom. The van der Waals surface area contributed by atoms with Crippen molar-refractivity contribution in [2.75, 3.05) is 24.2 Å². The van der Waals surface area contributed by atoms with Crippen LogP contribution in [0.2, 0.25) is 0 Å². The van der Waals surface area contributed by atoms with Crippen LogP contribution in [0.15, 0.2) is 6.33 Å². The average molecular weight is 224 g/mol. The molecule has 1 unspecified atom stereocenters. The van der Waals surface area contributed by atoms with Crippen molar-refractivity contribution >= 4 is 11.6 Å². The molecule has 0 spiro atoms. The Morgan fingerprint density at radius 1 is 1.31 bits per heavy atom. The summed E-state index contributed by atoms with van der Waals surface area (Å²) >= 11 is 0. The van der Waals surface area contributed by atoms with E-state index in [9.17, 15) is 5.11 Å². The minimum absolute atomic E-state index is 0.335. The Balaban J connectivity index is 2.78. The number of rotatable bonds is 6. The van der Waals surface area contributed by atoms with Gasteiger partial charge in [-0.2, -0.15) is 0 Å². The average Bonchev–Trinajstić information content (AvgIpc) is 2.34. The molecule has 90 valence electrons. The third kappa shape index (κ3) is 3.06. The Bertz CT molecular complexity index is 330. The topological polar surface area (TPSA) is 70.1 Å². The van der Waals surface area contributed by atoms with Crippen LogP contribution < -0.4 is 10.6 Å². The van der Waals surface area contributed by atoms with Crippen molar-refractivity contribution in [3.8, 4) is 0 Å². The second kappa shape index (κ2) is 6.27. The summed E-state index contributed by atoms with van der Waals surface area (Å²) in [5.41, 5.74) is 1.05. The summed E-state index contributed by atoms with van der Waals surface area (Å²) in [6.07, 6.45) is 2.77. The van der Waals surface area contributed by atoms with Crippen LogP contribution in [0.25, 0.3) is 0 Å². The standard InChI is InChI=1S/C11H20N4O/c1-4-8(16)6-13-11-9(5-2)10(12-3)14-7-15-11/h7-8,16H,4-6H2,1-3H3,(H2,12,13,14,15). The fourth-order valence-corrected chi connectivity index (χ4v) is 1.47. The lowest BCUT2D eigenvalue weighted by Gasteiger charge is -2.14. The van der Waals surface area contributed by atoms with Gasteiger partial charge >= 0.3 is 0 Å². The molecular weight excluding hydrogens is 204 g/mol. The summed E-state index contributed by atoms with van der Waals surface area (Å²) in [6.45, 7) is 4.52. The molecule has 1 rings (SSSR count). The van der Waals surface area contributed by atoms with Gasteiger partial charge in [0.25, 0.3) is 0 Å². The maximum absolute atomic E-state index is 9.49. The van der Waals surface area contributed by atoms with E-state index in [1.165, 1.54) is 6.33 Å². The van der Waals surface area contributed by atoms with Gasteiger partial charge in [-0.1, -0.05) is 13.8 Å². The molecule has 0 saturated carbocycles. The molecule has 1 aromatic rings. The molecule has 0 amide bonds. The summed E-state index contributed by atoms with van der Waals surface area (Å²) in [7, 11) is 1.84. The zero-order valence-electron chi connectivity index (χ0n) is 10.1.